The minimum atomic E-state index is -0.0797. The standard InChI is InChI=1S/C17H27ClN6O/c1-4-13-5-6-15(25-13)24-16(19-2)14(11-21-24)17(20-12-18)23-9-7-22(3)8-10-23/h11,13,15H,2,4-10,12H2,1,3H3/b20-17+. The number of likely N-dealkylation sites (N-methyl/N-ethyl adjacent to an activating group) is 1. The number of aliphatic imine (C=N–C) groups is 2. The first-order valence-electron chi connectivity index (χ1n) is 8.91. The Kier molecular flexibility index (Phi) is 6.09. The van der Waals surface area contributed by atoms with Gasteiger partial charge in [-0.2, -0.15) is 5.10 Å². The molecule has 2 saturated heterocycles. The summed E-state index contributed by atoms with van der Waals surface area (Å²) in [5.74, 6) is 1.56. The minimum Gasteiger partial charge on any atom is -0.354 e. The lowest BCUT2D eigenvalue weighted by Gasteiger charge is -2.34. The highest BCUT2D eigenvalue weighted by Crippen LogP contribution is 2.34. The van der Waals surface area contributed by atoms with Gasteiger partial charge in [0.2, 0.25) is 0 Å². The molecule has 1 aromatic rings. The average molecular weight is 367 g/mol. The van der Waals surface area contributed by atoms with Crippen molar-refractivity contribution in [1.82, 2.24) is 19.6 Å². The van der Waals surface area contributed by atoms with E-state index in [4.69, 9.17) is 16.3 Å². The van der Waals surface area contributed by atoms with Crippen molar-refractivity contribution in [3.63, 3.8) is 0 Å². The van der Waals surface area contributed by atoms with Gasteiger partial charge in [-0.25, -0.2) is 9.67 Å². The lowest BCUT2D eigenvalue weighted by Crippen LogP contribution is -2.47. The number of hydrogen-bond donors (Lipinski definition) is 0. The zero-order valence-corrected chi connectivity index (χ0v) is 15.8. The molecule has 3 rings (SSSR count). The van der Waals surface area contributed by atoms with Crippen LogP contribution in [0.2, 0.25) is 0 Å². The summed E-state index contributed by atoms with van der Waals surface area (Å²) >= 11 is 5.94. The van der Waals surface area contributed by atoms with Crippen molar-refractivity contribution >= 4 is 30.0 Å². The molecule has 1 aromatic heterocycles. The van der Waals surface area contributed by atoms with Crippen molar-refractivity contribution in [1.29, 1.82) is 0 Å². The Morgan fingerprint density at radius 3 is 2.72 bits per heavy atom. The smallest absolute Gasteiger partial charge is 0.163 e. The van der Waals surface area contributed by atoms with E-state index in [2.05, 4.69) is 45.6 Å². The molecule has 2 aliphatic heterocycles. The van der Waals surface area contributed by atoms with E-state index in [-0.39, 0.29) is 12.2 Å². The molecule has 2 atom stereocenters. The van der Waals surface area contributed by atoms with Gasteiger partial charge in [-0.05, 0) is 33.0 Å². The van der Waals surface area contributed by atoms with Crippen LogP contribution in [0.25, 0.3) is 0 Å². The summed E-state index contributed by atoms with van der Waals surface area (Å²) in [5.41, 5.74) is 0.878. The summed E-state index contributed by atoms with van der Waals surface area (Å²) < 4.78 is 7.92. The maximum absolute atomic E-state index is 6.08. The predicted molar refractivity (Wildman–Crippen MR) is 101 cm³/mol. The Labute approximate surface area is 154 Å². The van der Waals surface area contributed by atoms with Crippen LogP contribution in [-0.2, 0) is 4.74 Å². The van der Waals surface area contributed by atoms with Crippen molar-refractivity contribution in [2.45, 2.75) is 38.5 Å². The number of hydrogen-bond acceptors (Lipinski definition) is 5. The normalized spacial score (nSPS) is 25.6. The SMILES string of the molecule is C=Nc1c(/C(=N\CCl)N2CCN(C)CC2)cnn1C1CCC(CC)O1. The molecule has 0 radical (unpaired) electrons. The topological polar surface area (TPSA) is 58.2 Å². The molecule has 8 heteroatoms. The second-order valence-electron chi connectivity index (χ2n) is 6.57. The van der Waals surface area contributed by atoms with Gasteiger partial charge in [-0.15, -0.1) is 11.6 Å². The highest BCUT2D eigenvalue weighted by Gasteiger charge is 2.30. The summed E-state index contributed by atoms with van der Waals surface area (Å²) in [6.45, 7) is 9.71. The third kappa shape index (κ3) is 3.88. The summed E-state index contributed by atoms with van der Waals surface area (Å²) in [4.78, 5) is 13.3. The number of rotatable bonds is 5. The summed E-state index contributed by atoms with van der Waals surface area (Å²) in [7, 11) is 2.13. The van der Waals surface area contributed by atoms with Crippen molar-refractivity contribution in [2.75, 3.05) is 39.2 Å². The van der Waals surface area contributed by atoms with E-state index in [1.807, 2.05) is 10.9 Å². The van der Waals surface area contributed by atoms with E-state index < -0.39 is 0 Å². The summed E-state index contributed by atoms with van der Waals surface area (Å²) in [5, 5.41) is 4.55. The summed E-state index contributed by atoms with van der Waals surface area (Å²) in [6, 6.07) is 0.210. The fourth-order valence-electron chi connectivity index (χ4n) is 3.48. The fraction of sp³-hybridized carbons (Fsp3) is 0.706. The first kappa shape index (κ1) is 18.4. The largest absolute Gasteiger partial charge is 0.354 e. The number of nitrogens with zero attached hydrogens (tertiary/aromatic N) is 6. The van der Waals surface area contributed by atoms with E-state index in [0.717, 1.165) is 56.8 Å². The Bertz CT molecular complexity index is 623. The third-order valence-electron chi connectivity index (χ3n) is 4.99. The van der Waals surface area contributed by atoms with Crippen LogP contribution in [-0.4, -0.2) is 77.5 Å². The van der Waals surface area contributed by atoms with E-state index in [1.54, 1.807) is 0 Å². The fourth-order valence-corrected chi connectivity index (χ4v) is 3.59. The zero-order valence-electron chi connectivity index (χ0n) is 15.1. The predicted octanol–water partition coefficient (Wildman–Crippen LogP) is 2.49. The number of piperazine rings is 1. The van der Waals surface area contributed by atoms with E-state index >= 15 is 0 Å². The van der Waals surface area contributed by atoms with E-state index in [9.17, 15) is 0 Å². The first-order valence-corrected chi connectivity index (χ1v) is 9.45. The van der Waals surface area contributed by atoms with Crippen molar-refractivity contribution in [3.8, 4) is 0 Å². The molecule has 0 aliphatic carbocycles. The molecule has 0 spiro atoms. The van der Waals surface area contributed by atoms with Gasteiger partial charge in [0.15, 0.2) is 12.0 Å². The van der Waals surface area contributed by atoms with Crippen LogP contribution in [0.5, 0.6) is 0 Å². The molecule has 0 amide bonds. The van der Waals surface area contributed by atoms with Crippen LogP contribution < -0.4 is 0 Å². The van der Waals surface area contributed by atoms with Crippen LogP contribution in [0.1, 0.15) is 38.0 Å². The number of halogens is 1. The lowest BCUT2D eigenvalue weighted by atomic mass is 10.2. The monoisotopic (exact) mass is 366 g/mol. The summed E-state index contributed by atoms with van der Waals surface area (Å²) in [6.07, 6.45) is 5.04. The maximum Gasteiger partial charge on any atom is 0.163 e. The molecule has 25 heavy (non-hydrogen) atoms. The second kappa shape index (κ2) is 8.29. The molecule has 0 saturated carbocycles. The van der Waals surface area contributed by atoms with Gasteiger partial charge in [0.1, 0.15) is 11.8 Å². The molecule has 138 valence electrons. The molecule has 3 heterocycles. The molecule has 2 fully saturated rings. The van der Waals surface area contributed by atoms with Gasteiger partial charge < -0.3 is 14.5 Å². The Hall–Kier alpha value is -1.44. The quantitative estimate of drug-likeness (QED) is 0.347. The van der Waals surface area contributed by atoms with E-state index in [0.29, 0.717) is 11.9 Å². The molecule has 7 nitrogen and oxygen atoms in total. The van der Waals surface area contributed by atoms with E-state index in [1.165, 1.54) is 0 Å². The average Bonchev–Trinajstić information content (AvgIpc) is 3.26. The van der Waals surface area contributed by atoms with Gasteiger partial charge in [-0.1, -0.05) is 6.92 Å². The van der Waals surface area contributed by atoms with Crippen LogP contribution in [0.4, 0.5) is 5.82 Å². The molecular weight excluding hydrogens is 340 g/mol. The van der Waals surface area contributed by atoms with Crippen molar-refractivity contribution < 1.29 is 4.74 Å². The molecule has 2 aliphatic rings. The third-order valence-corrected chi connectivity index (χ3v) is 5.10. The Morgan fingerprint density at radius 2 is 2.12 bits per heavy atom. The number of aromatic nitrogens is 2. The van der Waals surface area contributed by atoms with Crippen LogP contribution in [0.3, 0.4) is 0 Å². The van der Waals surface area contributed by atoms with Gasteiger partial charge in [0.05, 0.1) is 17.9 Å². The minimum absolute atomic E-state index is 0.0797. The molecule has 0 aromatic carbocycles. The Balaban J connectivity index is 1.87. The van der Waals surface area contributed by atoms with Gasteiger partial charge in [0, 0.05) is 26.2 Å². The highest BCUT2D eigenvalue weighted by molar-refractivity contribution is 6.18. The van der Waals surface area contributed by atoms with Crippen molar-refractivity contribution in [2.24, 2.45) is 9.98 Å². The lowest BCUT2D eigenvalue weighted by molar-refractivity contribution is -0.00525. The number of alkyl halides is 1. The zero-order chi connectivity index (χ0) is 17.8. The number of ether oxygens (including phenoxy) is 1. The Morgan fingerprint density at radius 1 is 1.36 bits per heavy atom. The van der Waals surface area contributed by atoms with Crippen LogP contribution in [0, 0.1) is 0 Å². The van der Waals surface area contributed by atoms with Crippen molar-refractivity contribution in [3.05, 3.63) is 11.8 Å². The highest BCUT2D eigenvalue weighted by atomic mass is 35.5. The van der Waals surface area contributed by atoms with Gasteiger partial charge in [-0.3, -0.25) is 4.99 Å². The number of amidine groups is 1. The molecule has 0 N–H and O–H groups in total. The molecule has 0 bridgehead atoms. The molecule has 2 unspecified atom stereocenters. The van der Waals surface area contributed by atoms with Gasteiger partial charge >= 0.3 is 0 Å². The van der Waals surface area contributed by atoms with Crippen LogP contribution >= 0.6 is 11.6 Å². The van der Waals surface area contributed by atoms with Crippen LogP contribution in [0.15, 0.2) is 16.2 Å². The maximum atomic E-state index is 6.08. The molecular formula is C17H27ClN6O. The van der Waals surface area contributed by atoms with Gasteiger partial charge in [0.25, 0.3) is 0 Å². The first-order chi connectivity index (χ1) is 12.2. The second-order valence-corrected chi connectivity index (χ2v) is 6.81.